The van der Waals surface area contributed by atoms with Crippen molar-refractivity contribution in [1.82, 2.24) is 4.90 Å². The Kier molecular flexibility index (Phi) is 3.37. The number of hydrogen-bond donors (Lipinski definition) is 1. The first-order valence-electron chi connectivity index (χ1n) is 5.51. The number of amides is 1. The molecule has 2 N–H and O–H groups in total. The molecule has 2 rings (SSSR count). The fourth-order valence-corrected chi connectivity index (χ4v) is 1.96. The summed E-state index contributed by atoms with van der Waals surface area (Å²) in [6.07, 6.45) is 2.86. The number of carbonyl (C=O) groups is 1. The van der Waals surface area contributed by atoms with Gasteiger partial charge in [0, 0.05) is 25.2 Å². The molecule has 1 amide bonds. The highest BCUT2D eigenvalue weighted by Gasteiger charge is 2.15. The summed E-state index contributed by atoms with van der Waals surface area (Å²) < 4.78 is 0. The van der Waals surface area contributed by atoms with Crippen LogP contribution in [0.2, 0.25) is 0 Å². The maximum atomic E-state index is 11.1. The van der Waals surface area contributed by atoms with Gasteiger partial charge in [0.25, 0.3) is 0 Å². The van der Waals surface area contributed by atoms with E-state index < -0.39 is 0 Å². The van der Waals surface area contributed by atoms with Crippen LogP contribution in [0.4, 0.5) is 0 Å². The summed E-state index contributed by atoms with van der Waals surface area (Å²) in [5, 5.41) is 0. The van der Waals surface area contributed by atoms with Gasteiger partial charge in [-0.25, -0.2) is 0 Å². The van der Waals surface area contributed by atoms with E-state index in [0.717, 1.165) is 25.1 Å². The van der Waals surface area contributed by atoms with Crippen molar-refractivity contribution in [3.63, 3.8) is 0 Å². The number of hydrogen-bond acceptors (Lipinski definition) is 2. The van der Waals surface area contributed by atoms with E-state index in [0.29, 0.717) is 6.54 Å². The van der Waals surface area contributed by atoms with Gasteiger partial charge in [-0.05, 0) is 12.0 Å². The van der Waals surface area contributed by atoms with E-state index in [1.54, 1.807) is 0 Å². The van der Waals surface area contributed by atoms with Crippen LogP contribution in [0.15, 0.2) is 42.0 Å². The molecule has 3 heteroatoms. The molecule has 0 radical (unpaired) electrons. The van der Waals surface area contributed by atoms with Crippen LogP contribution in [-0.2, 0) is 11.3 Å². The molecule has 1 aliphatic heterocycles. The van der Waals surface area contributed by atoms with Crippen molar-refractivity contribution in [3.05, 3.63) is 47.5 Å². The van der Waals surface area contributed by atoms with E-state index in [1.165, 1.54) is 5.56 Å². The number of carbonyl (C=O) groups excluding carboxylic acids is 1. The topological polar surface area (TPSA) is 46.3 Å². The predicted molar refractivity (Wildman–Crippen MR) is 63.6 cm³/mol. The van der Waals surface area contributed by atoms with Crippen molar-refractivity contribution in [1.29, 1.82) is 0 Å². The van der Waals surface area contributed by atoms with Gasteiger partial charge in [0.1, 0.15) is 0 Å². The molecule has 1 aliphatic rings. The Morgan fingerprint density at radius 2 is 2.06 bits per heavy atom. The Morgan fingerprint density at radius 1 is 1.31 bits per heavy atom. The highest BCUT2D eigenvalue weighted by atomic mass is 16.1. The molecule has 1 aromatic carbocycles. The monoisotopic (exact) mass is 216 g/mol. The Balaban J connectivity index is 1.98. The Morgan fingerprint density at radius 3 is 2.75 bits per heavy atom. The molecule has 0 saturated heterocycles. The Labute approximate surface area is 95.6 Å². The van der Waals surface area contributed by atoms with Gasteiger partial charge in [0.05, 0.1) is 0 Å². The van der Waals surface area contributed by atoms with Gasteiger partial charge in [0.2, 0.25) is 5.91 Å². The fourth-order valence-electron chi connectivity index (χ4n) is 1.96. The highest BCUT2D eigenvalue weighted by Crippen LogP contribution is 2.12. The second-order valence-electron chi connectivity index (χ2n) is 4.08. The zero-order chi connectivity index (χ0) is 11.4. The summed E-state index contributed by atoms with van der Waals surface area (Å²) in [7, 11) is 0. The number of rotatable bonds is 3. The lowest BCUT2D eigenvalue weighted by atomic mass is 10.1. The summed E-state index contributed by atoms with van der Waals surface area (Å²) in [6, 6.07) is 10.3. The van der Waals surface area contributed by atoms with E-state index in [2.05, 4.69) is 17.0 Å². The van der Waals surface area contributed by atoms with E-state index >= 15 is 0 Å². The summed E-state index contributed by atoms with van der Waals surface area (Å²) in [5.74, 6) is -0.294. The standard InChI is InChI=1S/C13H16N2O/c14-13(16)12-7-4-8-15(10-12)9-11-5-2-1-3-6-11/h1-3,5-7H,4,8-10H2,(H2,14,16). The summed E-state index contributed by atoms with van der Waals surface area (Å²) >= 11 is 0. The van der Waals surface area contributed by atoms with E-state index in [9.17, 15) is 4.79 Å². The number of benzene rings is 1. The quantitative estimate of drug-likeness (QED) is 0.828. The summed E-state index contributed by atoms with van der Waals surface area (Å²) in [6.45, 7) is 2.54. The van der Waals surface area contributed by atoms with E-state index in [1.807, 2.05) is 24.3 Å². The molecule has 3 nitrogen and oxygen atoms in total. The van der Waals surface area contributed by atoms with Gasteiger partial charge in [-0.2, -0.15) is 0 Å². The van der Waals surface area contributed by atoms with Crippen molar-refractivity contribution in [2.45, 2.75) is 13.0 Å². The summed E-state index contributed by atoms with van der Waals surface area (Å²) in [4.78, 5) is 13.3. The number of nitrogens with two attached hydrogens (primary N) is 1. The molecule has 0 atom stereocenters. The van der Waals surface area contributed by atoms with Gasteiger partial charge in [0.15, 0.2) is 0 Å². The maximum absolute atomic E-state index is 11.1. The minimum absolute atomic E-state index is 0.294. The van der Waals surface area contributed by atoms with Crippen LogP contribution in [0, 0.1) is 0 Å². The maximum Gasteiger partial charge on any atom is 0.245 e. The van der Waals surface area contributed by atoms with E-state index in [4.69, 9.17) is 5.73 Å². The average molecular weight is 216 g/mol. The average Bonchev–Trinajstić information content (AvgIpc) is 2.30. The summed E-state index contributed by atoms with van der Waals surface area (Å²) in [5.41, 5.74) is 7.30. The lowest BCUT2D eigenvalue weighted by Gasteiger charge is -2.26. The Bertz CT molecular complexity index is 398. The van der Waals surface area contributed by atoms with E-state index in [-0.39, 0.29) is 5.91 Å². The van der Waals surface area contributed by atoms with Gasteiger partial charge in [-0.3, -0.25) is 9.69 Å². The molecule has 1 aromatic rings. The van der Waals surface area contributed by atoms with Crippen LogP contribution in [0.25, 0.3) is 0 Å². The second kappa shape index (κ2) is 4.94. The van der Waals surface area contributed by atoms with Gasteiger partial charge < -0.3 is 5.73 Å². The van der Waals surface area contributed by atoms with Crippen molar-refractivity contribution in [2.75, 3.05) is 13.1 Å². The largest absolute Gasteiger partial charge is 0.366 e. The van der Waals surface area contributed by atoms with Crippen LogP contribution in [-0.4, -0.2) is 23.9 Å². The molecular formula is C13H16N2O. The van der Waals surface area contributed by atoms with Gasteiger partial charge in [-0.1, -0.05) is 36.4 Å². The molecule has 0 fully saturated rings. The lowest BCUT2D eigenvalue weighted by molar-refractivity contribution is -0.114. The molecule has 16 heavy (non-hydrogen) atoms. The van der Waals surface area contributed by atoms with Crippen LogP contribution in [0.1, 0.15) is 12.0 Å². The third-order valence-electron chi connectivity index (χ3n) is 2.80. The van der Waals surface area contributed by atoms with Crippen molar-refractivity contribution >= 4 is 5.91 Å². The SMILES string of the molecule is NC(=O)C1=CCCN(Cc2ccccc2)C1. The zero-order valence-corrected chi connectivity index (χ0v) is 9.23. The molecular weight excluding hydrogens is 200 g/mol. The Hall–Kier alpha value is -1.61. The molecule has 0 saturated carbocycles. The lowest BCUT2D eigenvalue weighted by Crippen LogP contribution is -2.33. The molecule has 0 aliphatic carbocycles. The molecule has 0 spiro atoms. The van der Waals surface area contributed by atoms with Crippen molar-refractivity contribution < 1.29 is 4.79 Å². The van der Waals surface area contributed by atoms with Crippen LogP contribution in [0.3, 0.4) is 0 Å². The fraction of sp³-hybridized carbons (Fsp3) is 0.308. The van der Waals surface area contributed by atoms with Gasteiger partial charge >= 0.3 is 0 Å². The first-order valence-corrected chi connectivity index (χ1v) is 5.51. The number of nitrogens with zero attached hydrogens (tertiary/aromatic N) is 1. The van der Waals surface area contributed by atoms with Crippen LogP contribution < -0.4 is 5.73 Å². The van der Waals surface area contributed by atoms with Crippen LogP contribution in [0.5, 0.6) is 0 Å². The van der Waals surface area contributed by atoms with Gasteiger partial charge in [-0.15, -0.1) is 0 Å². The first-order chi connectivity index (χ1) is 7.75. The minimum Gasteiger partial charge on any atom is -0.366 e. The van der Waals surface area contributed by atoms with Crippen LogP contribution >= 0.6 is 0 Å². The third-order valence-corrected chi connectivity index (χ3v) is 2.80. The smallest absolute Gasteiger partial charge is 0.245 e. The molecule has 1 heterocycles. The first kappa shape index (κ1) is 10.9. The molecule has 0 bridgehead atoms. The van der Waals surface area contributed by atoms with Crippen molar-refractivity contribution in [2.24, 2.45) is 5.73 Å². The normalized spacial score (nSPS) is 16.9. The highest BCUT2D eigenvalue weighted by molar-refractivity contribution is 5.92. The number of primary amides is 1. The van der Waals surface area contributed by atoms with Crippen molar-refractivity contribution in [3.8, 4) is 0 Å². The second-order valence-corrected chi connectivity index (χ2v) is 4.08. The molecule has 0 aromatic heterocycles. The molecule has 84 valence electrons. The molecule has 0 unspecified atom stereocenters. The zero-order valence-electron chi connectivity index (χ0n) is 9.23. The third kappa shape index (κ3) is 2.70. The minimum atomic E-state index is -0.294. The predicted octanol–water partition coefficient (Wildman–Crippen LogP) is 1.30.